The average molecular weight is 236 g/mol. The van der Waals surface area contributed by atoms with Crippen LogP contribution in [0.4, 0.5) is 11.4 Å². The van der Waals surface area contributed by atoms with E-state index in [9.17, 15) is 0 Å². The van der Waals surface area contributed by atoms with Gasteiger partial charge >= 0.3 is 17.1 Å². The van der Waals surface area contributed by atoms with E-state index in [1.807, 2.05) is 12.2 Å². The van der Waals surface area contributed by atoms with Crippen molar-refractivity contribution < 1.29 is 17.1 Å². The molecule has 15 heavy (non-hydrogen) atoms. The van der Waals surface area contributed by atoms with Gasteiger partial charge in [0.25, 0.3) is 0 Å². The molecule has 0 unspecified atom stereocenters. The molecule has 0 bridgehead atoms. The Balaban J connectivity index is 0.000000853. The van der Waals surface area contributed by atoms with Gasteiger partial charge in [0.15, 0.2) is 0 Å². The molecule has 2 nitrogen and oxygen atoms in total. The molecule has 2 aliphatic heterocycles. The molecule has 1 aromatic rings. The van der Waals surface area contributed by atoms with Gasteiger partial charge in [0, 0.05) is 0 Å². The molecule has 0 saturated carbocycles. The third-order valence-electron chi connectivity index (χ3n) is 2.34. The van der Waals surface area contributed by atoms with E-state index < -0.39 is 0 Å². The Morgan fingerprint density at radius 3 is 1.67 bits per heavy atom. The maximum Gasteiger partial charge on any atom is 2.00 e. The molecular weight excluding hydrogens is 228 g/mol. The average Bonchev–Trinajstić information content (AvgIpc) is 2.29. The quantitative estimate of drug-likeness (QED) is 0.618. The van der Waals surface area contributed by atoms with E-state index in [0.717, 1.165) is 21.8 Å². The van der Waals surface area contributed by atoms with Crippen LogP contribution >= 0.6 is 0 Å². The second kappa shape index (κ2) is 3.97. The molecule has 0 saturated heterocycles. The molecular formula is C12H8FeN2. The summed E-state index contributed by atoms with van der Waals surface area (Å²) >= 11 is 0. The number of allylic oxidation sites excluding steroid dienone is 2. The smallest absolute Gasteiger partial charge is 0.665 e. The van der Waals surface area contributed by atoms with Crippen molar-refractivity contribution in [2.45, 2.75) is 0 Å². The zero-order valence-corrected chi connectivity index (χ0v) is 8.97. The first-order valence-electron chi connectivity index (χ1n) is 4.53. The number of rotatable bonds is 0. The third kappa shape index (κ3) is 1.60. The Kier molecular flexibility index (Phi) is 2.67. The van der Waals surface area contributed by atoms with E-state index >= 15 is 0 Å². The number of fused-ring (bicyclic) bond motifs is 3. The van der Waals surface area contributed by atoms with Crippen LogP contribution in [0.5, 0.6) is 0 Å². The largest absolute Gasteiger partial charge is 2.00 e. The molecule has 3 heteroatoms. The topological polar surface area (TPSA) is 28.2 Å². The molecule has 3 rings (SSSR count). The minimum absolute atomic E-state index is 0. The summed E-state index contributed by atoms with van der Waals surface area (Å²) in [4.78, 5) is 0. The van der Waals surface area contributed by atoms with Gasteiger partial charge in [0.05, 0.1) is 0 Å². The third-order valence-corrected chi connectivity index (χ3v) is 2.34. The molecule has 0 amide bonds. The Morgan fingerprint density at radius 1 is 0.733 bits per heavy atom. The maximum atomic E-state index is 4.35. The standard InChI is InChI=1S/C12H8N2.Fe/c1-3-9-5-6-10-4-2-8-14-12(10)11(9)13-7-1;/h1-8H;/q-2;+2. The predicted octanol–water partition coefficient (Wildman–Crippen LogP) is 2.31. The minimum atomic E-state index is 0. The number of benzene rings is 1. The minimum Gasteiger partial charge on any atom is -0.665 e. The van der Waals surface area contributed by atoms with E-state index in [1.54, 1.807) is 12.4 Å². The molecule has 0 aromatic heterocycles. The summed E-state index contributed by atoms with van der Waals surface area (Å²) in [7, 11) is 0. The van der Waals surface area contributed by atoms with Crippen LogP contribution in [0.1, 0.15) is 0 Å². The normalized spacial score (nSPS) is 14.4. The fraction of sp³-hybridized carbons (Fsp3) is 0. The Morgan fingerprint density at radius 2 is 1.20 bits per heavy atom. The van der Waals surface area contributed by atoms with Gasteiger partial charge < -0.3 is 10.6 Å². The van der Waals surface area contributed by atoms with Crippen LogP contribution < -0.4 is 10.4 Å². The van der Waals surface area contributed by atoms with Crippen LogP contribution in [0, 0.1) is 0 Å². The van der Waals surface area contributed by atoms with Crippen molar-refractivity contribution in [2.24, 2.45) is 0 Å². The van der Waals surface area contributed by atoms with Gasteiger partial charge in [-0.15, -0.1) is 11.4 Å². The molecule has 1 aromatic carbocycles. The van der Waals surface area contributed by atoms with E-state index in [4.69, 9.17) is 0 Å². The molecule has 0 radical (unpaired) electrons. The Labute approximate surface area is 98.5 Å². The molecule has 74 valence electrons. The molecule has 2 heterocycles. The van der Waals surface area contributed by atoms with E-state index in [1.165, 1.54) is 0 Å². The summed E-state index contributed by atoms with van der Waals surface area (Å²) < 4.78 is 0. The van der Waals surface area contributed by atoms with Crippen LogP contribution in [0.15, 0.2) is 36.7 Å². The van der Waals surface area contributed by atoms with Crippen LogP contribution in [0.25, 0.3) is 22.8 Å². The zero-order valence-electron chi connectivity index (χ0n) is 7.87. The van der Waals surface area contributed by atoms with Gasteiger partial charge in [-0.3, -0.25) is 0 Å². The van der Waals surface area contributed by atoms with E-state index in [0.29, 0.717) is 0 Å². The molecule has 0 N–H and O–H groups in total. The molecule has 0 atom stereocenters. The maximum absolute atomic E-state index is 4.35. The van der Waals surface area contributed by atoms with Crippen molar-refractivity contribution in [3.05, 3.63) is 57.8 Å². The van der Waals surface area contributed by atoms with Crippen molar-refractivity contribution in [1.82, 2.24) is 0 Å². The zero-order chi connectivity index (χ0) is 9.38. The fourth-order valence-electron chi connectivity index (χ4n) is 1.68. The SMILES string of the molecule is C1=C[N-]c2c3c(ccc2=C1)=CC=C[N-]3.[Fe+2]. The summed E-state index contributed by atoms with van der Waals surface area (Å²) in [5, 5.41) is 11.0. The van der Waals surface area contributed by atoms with Crippen LogP contribution in [0.2, 0.25) is 0 Å². The van der Waals surface area contributed by atoms with Gasteiger partial charge in [-0.25, -0.2) is 0 Å². The van der Waals surface area contributed by atoms with Crippen LogP contribution in [-0.2, 0) is 17.1 Å². The molecule has 0 spiro atoms. The molecule has 0 fully saturated rings. The van der Waals surface area contributed by atoms with Gasteiger partial charge in [-0.2, -0.15) is 12.4 Å². The Bertz CT molecular complexity index is 505. The van der Waals surface area contributed by atoms with E-state index in [2.05, 4.69) is 34.9 Å². The number of nitrogens with zero attached hydrogens (tertiary/aromatic N) is 2. The van der Waals surface area contributed by atoms with Crippen molar-refractivity contribution in [1.29, 1.82) is 0 Å². The Hall–Kier alpha value is -1.44. The molecule has 0 aliphatic carbocycles. The van der Waals surface area contributed by atoms with Crippen LogP contribution in [0.3, 0.4) is 0 Å². The summed E-state index contributed by atoms with van der Waals surface area (Å²) in [5.41, 5.74) is 1.95. The van der Waals surface area contributed by atoms with Crippen LogP contribution in [-0.4, -0.2) is 0 Å². The first-order valence-corrected chi connectivity index (χ1v) is 4.53. The van der Waals surface area contributed by atoms with Crippen molar-refractivity contribution in [3.63, 3.8) is 0 Å². The second-order valence-electron chi connectivity index (χ2n) is 3.22. The number of hydrogen-bond donors (Lipinski definition) is 0. The van der Waals surface area contributed by atoms with Gasteiger partial charge in [0.1, 0.15) is 0 Å². The van der Waals surface area contributed by atoms with Gasteiger partial charge in [0.2, 0.25) is 0 Å². The van der Waals surface area contributed by atoms with E-state index in [-0.39, 0.29) is 17.1 Å². The summed E-state index contributed by atoms with van der Waals surface area (Å²) in [6.07, 6.45) is 11.6. The van der Waals surface area contributed by atoms with Gasteiger partial charge in [-0.1, -0.05) is 36.4 Å². The fourth-order valence-corrected chi connectivity index (χ4v) is 1.68. The first kappa shape index (κ1) is 10.1. The van der Waals surface area contributed by atoms with Crippen molar-refractivity contribution in [2.75, 3.05) is 0 Å². The first-order chi connectivity index (χ1) is 6.95. The molecule has 2 aliphatic rings. The second-order valence-corrected chi connectivity index (χ2v) is 3.22. The van der Waals surface area contributed by atoms with Crippen molar-refractivity contribution >= 4 is 23.5 Å². The summed E-state index contributed by atoms with van der Waals surface area (Å²) in [6, 6.07) is 4.15. The summed E-state index contributed by atoms with van der Waals surface area (Å²) in [6.45, 7) is 0. The number of hydrogen-bond acceptors (Lipinski definition) is 0. The van der Waals surface area contributed by atoms with Crippen molar-refractivity contribution in [3.8, 4) is 0 Å². The van der Waals surface area contributed by atoms with Gasteiger partial charge in [-0.05, 0) is 10.4 Å². The predicted molar refractivity (Wildman–Crippen MR) is 58.9 cm³/mol. The summed E-state index contributed by atoms with van der Waals surface area (Å²) in [5.74, 6) is 0. The monoisotopic (exact) mass is 236 g/mol.